The molecule has 1 fully saturated rings. The van der Waals surface area contributed by atoms with Crippen molar-refractivity contribution in [3.8, 4) is 0 Å². The third-order valence-electron chi connectivity index (χ3n) is 3.70. The van der Waals surface area contributed by atoms with Crippen LogP contribution in [0.4, 0.5) is 0 Å². The molecule has 1 aliphatic heterocycles. The van der Waals surface area contributed by atoms with Gasteiger partial charge in [0, 0.05) is 6.32 Å². The van der Waals surface area contributed by atoms with Crippen LogP contribution in [0.25, 0.3) is 0 Å². The van der Waals surface area contributed by atoms with Crippen molar-refractivity contribution in [1.29, 1.82) is 0 Å². The lowest BCUT2D eigenvalue weighted by atomic mass is 9.84. The molecule has 0 saturated carbocycles. The van der Waals surface area contributed by atoms with Gasteiger partial charge in [-0.05, 0) is 46.6 Å². The molecule has 1 unspecified atom stereocenters. The Morgan fingerprint density at radius 3 is 2.16 bits per heavy atom. The molecular weight excluding hydrogens is 239 g/mol. The summed E-state index contributed by atoms with van der Waals surface area (Å²) in [4.78, 5) is 10.8. The first kappa shape index (κ1) is 16.2. The Kier molecular flexibility index (Phi) is 5.16. The lowest BCUT2D eigenvalue weighted by Crippen LogP contribution is -2.41. The number of carbonyl (C=O) groups is 1. The van der Waals surface area contributed by atoms with E-state index in [0.29, 0.717) is 0 Å². The molecule has 1 atom stereocenters. The highest BCUT2D eigenvalue weighted by molar-refractivity contribution is 6.46. The standard InChI is InChI=1S/C15H25BO3/c1-12(9-10-13(2)17)8-7-11-16-18-14(3,4)15(5,6)19-16/h7-10,12H,11H2,1-6H3/b8-7-,10-9+. The number of carbonyl (C=O) groups excluding carboxylic acids is 1. The van der Waals surface area contributed by atoms with Crippen molar-refractivity contribution < 1.29 is 14.1 Å². The van der Waals surface area contributed by atoms with Gasteiger partial charge in [0.25, 0.3) is 0 Å². The number of hydrogen-bond acceptors (Lipinski definition) is 3. The quantitative estimate of drug-likeness (QED) is 0.433. The fourth-order valence-electron chi connectivity index (χ4n) is 1.82. The second-order valence-electron chi connectivity index (χ2n) is 6.18. The molecule has 0 aromatic heterocycles. The SMILES string of the molecule is CC(=O)/C=C/C(C)/C=C\CB1OC(C)(C)C(C)(C)O1. The van der Waals surface area contributed by atoms with E-state index in [-0.39, 0.29) is 30.0 Å². The van der Waals surface area contributed by atoms with Crippen molar-refractivity contribution in [3.63, 3.8) is 0 Å². The van der Waals surface area contributed by atoms with Crippen LogP contribution in [0.1, 0.15) is 41.5 Å². The van der Waals surface area contributed by atoms with Crippen molar-refractivity contribution in [2.75, 3.05) is 0 Å². The van der Waals surface area contributed by atoms with E-state index in [1.807, 2.05) is 13.0 Å². The summed E-state index contributed by atoms with van der Waals surface area (Å²) in [5, 5.41) is 0. The van der Waals surface area contributed by atoms with Crippen LogP contribution >= 0.6 is 0 Å². The number of allylic oxidation sites excluding steroid dienone is 4. The molecule has 1 saturated heterocycles. The summed E-state index contributed by atoms with van der Waals surface area (Å²) in [7, 11) is -0.190. The maximum atomic E-state index is 10.8. The molecule has 0 spiro atoms. The van der Waals surface area contributed by atoms with Gasteiger partial charge in [0.2, 0.25) is 0 Å². The van der Waals surface area contributed by atoms with Gasteiger partial charge in [-0.1, -0.05) is 25.2 Å². The Morgan fingerprint density at radius 1 is 1.16 bits per heavy atom. The Balaban J connectivity index is 2.45. The van der Waals surface area contributed by atoms with E-state index < -0.39 is 0 Å². The van der Waals surface area contributed by atoms with E-state index in [4.69, 9.17) is 9.31 Å². The molecular formula is C15H25BO3. The van der Waals surface area contributed by atoms with E-state index >= 15 is 0 Å². The second-order valence-corrected chi connectivity index (χ2v) is 6.18. The lowest BCUT2D eigenvalue weighted by molar-refractivity contribution is -0.112. The summed E-state index contributed by atoms with van der Waals surface area (Å²) in [6.45, 7) is 11.8. The van der Waals surface area contributed by atoms with Gasteiger partial charge in [0.1, 0.15) is 0 Å². The molecule has 1 heterocycles. The van der Waals surface area contributed by atoms with Crippen molar-refractivity contribution in [3.05, 3.63) is 24.3 Å². The van der Waals surface area contributed by atoms with Crippen LogP contribution in [0.15, 0.2) is 24.3 Å². The summed E-state index contributed by atoms with van der Waals surface area (Å²) in [6.07, 6.45) is 8.33. The van der Waals surface area contributed by atoms with Crippen molar-refractivity contribution in [2.45, 2.75) is 59.1 Å². The minimum Gasteiger partial charge on any atom is -0.403 e. The van der Waals surface area contributed by atoms with Gasteiger partial charge in [0.15, 0.2) is 5.78 Å². The highest BCUT2D eigenvalue weighted by atomic mass is 16.7. The molecule has 0 aromatic rings. The molecule has 106 valence electrons. The normalized spacial score (nSPS) is 23.4. The van der Waals surface area contributed by atoms with Crippen molar-refractivity contribution >= 4 is 12.9 Å². The van der Waals surface area contributed by atoms with Crippen LogP contribution in [0, 0.1) is 5.92 Å². The third-order valence-corrected chi connectivity index (χ3v) is 3.70. The highest BCUT2D eigenvalue weighted by Gasteiger charge is 2.50. The number of hydrogen-bond donors (Lipinski definition) is 0. The zero-order chi connectivity index (χ0) is 14.7. The highest BCUT2D eigenvalue weighted by Crippen LogP contribution is 2.37. The van der Waals surface area contributed by atoms with Gasteiger partial charge in [-0.3, -0.25) is 4.79 Å². The number of rotatable bonds is 5. The molecule has 3 nitrogen and oxygen atoms in total. The molecule has 0 N–H and O–H groups in total. The lowest BCUT2D eigenvalue weighted by Gasteiger charge is -2.32. The Hall–Kier alpha value is -0.865. The molecule has 0 bridgehead atoms. The fraction of sp³-hybridized carbons (Fsp3) is 0.667. The van der Waals surface area contributed by atoms with Gasteiger partial charge in [-0.2, -0.15) is 0 Å². The monoisotopic (exact) mass is 264 g/mol. The maximum absolute atomic E-state index is 10.8. The molecule has 19 heavy (non-hydrogen) atoms. The first-order valence-corrected chi connectivity index (χ1v) is 6.85. The maximum Gasteiger partial charge on any atom is 0.461 e. The summed E-state index contributed by atoms with van der Waals surface area (Å²) < 4.78 is 11.8. The van der Waals surface area contributed by atoms with E-state index in [9.17, 15) is 4.79 Å². The summed E-state index contributed by atoms with van der Waals surface area (Å²) in [6, 6.07) is 0. The van der Waals surface area contributed by atoms with Gasteiger partial charge in [-0.25, -0.2) is 0 Å². The van der Waals surface area contributed by atoms with Gasteiger partial charge < -0.3 is 9.31 Å². The van der Waals surface area contributed by atoms with Crippen LogP contribution in [0.2, 0.25) is 6.32 Å². The zero-order valence-electron chi connectivity index (χ0n) is 12.9. The predicted octanol–water partition coefficient (Wildman–Crippen LogP) is 3.42. The fourth-order valence-corrected chi connectivity index (χ4v) is 1.82. The zero-order valence-corrected chi connectivity index (χ0v) is 12.9. The van der Waals surface area contributed by atoms with Crippen LogP contribution < -0.4 is 0 Å². The van der Waals surface area contributed by atoms with Crippen LogP contribution in [-0.2, 0) is 14.1 Å². The molecule has 0 amide bonds. The van der Waals surface area contributed by atoms with Gasteiger partial charge >= 0.3 is 7.12 Å². The van der Waals surface area contributed by atoms with Crippen LogP contribution in [-0.4, -0.2) is 24.1 Å². The number of ketones is 1. The van der Waals surface area contributed by atoms with E-state index in [2.05, 4.69) is 39.8 Å². The molecule has 1 aliphatic rings. The van der Waals surface area contributed by atoms with Gasteiger partial charge in [-0.15, -0.1) is 0 Å². The molecule has 0 radical (unpaired) electrons. The Bertz CT molecular complexity index is 367. The minimum atomic E-state index is -0.272. The molecule has 0 aliphatic carbocycles. The topological polar surface area (TPSA) is 35.5 Å². The summed E-state index contributed by atoms with van der Waals surface area (Å²) in [5.41, 5.74) is -0.544. The van der Waals surface area contributed by atoms with E-state index in [1.54, 1.807) is 13.0 Å². The Labute approximate surface area is 117 Å². The summed E-state index contributed by atoms with van der Waals surface area (Å²) in [5.74, 6) is 0.317. The minimum absolute atomic E-state index is 0.0752. The van der Waals surface area contributed by atoms with E-state index in [1.165, 1.54) is 0 Å². The Morgan fingerprint density at radius 2 is 1.68 bits per heavy atom. The second kappa shape index (κ2) is 6.06. The van der Waals surface area contributed by atoms with Crippen molar-refractivity contribution in [2.24, 2.45) is 5.92 Å². The molecule has 1 rings (SSSR count). The molecule has 0 aromatic carbocycles. The van der Waals surface area contributed by atoms with Crippen LogP contribution in [0.3, 0.4) is 0 Å². The third kappa shape index (κ3) is 4.62. The van der Waals surface area contributed by atoms with Crippen molar-refractivity contribution in [1.82, 2.24) is 0 Å². The summed E-state index contributed by atoms with van der Waals surface area (Å²) >= 11 is 0. The van der Waals surface area contributed by atoms with E-state index in [0.717, 1.165) is 6.32 Å². The first-order valence-electron chi connectivity index (χ1n) is 6.85. The average Bonchev–Trinajstić information content (AvgIpc) is 2.44. The average molecular weight is 264 g/mol. The predicted molar refractivity (Wildman–Crippen MR) is 79.0 cm³/mol. The van der Waals surface area contributed by atoms with Gasteiger partial charge in [0.05, 0.1) is 11.2 Å². The smallest absolute Gasteiger partial charge is 0.403 e. The van der Waals surface area contributed by atoms with Crippen LogP contribution in [0.5, 0.6) is 0 Å². The largest absolute Gasteiger partial charge is 0.461 e. The molecule has 4 heteroatoms. The first-order chi connectivity index (χ1) is 8.64.